The Labute approximate surface area is 138 Å². The van der Waals surface area contributed by atoms with Crippen molar-refractivity contribution in [3.8, 4) is 0 Å². The minimum absolute atomic E-state index is 0.0514. The third-order valence-corrected chi connectivity index (χ3v) is 6.80. The molecule has 3 rings (SSSR count). The Kier molecular flexibility index (Phi) is 5.05. The maximum Gasteiger partial charge on any atom is 0.224 e. The van der Waals surface area contributed by atoms with Crippen molar-refractivity contribution in [1.29, 1.82) is 0 Å². The zero-order valence-electron chi connectivity index (χ0n) is 13.5. The molecule has 0 radical (unpaired) electrons. The molecule has 5 heteroatoms. The molecule has 1 saturated carbocycles. The summed E-state index contributed by atoms with van der Waals surface area (Å²) in [5.41, 5.74) is 1.78. The lowest BCUT2D eigenvalue weighted by Crippen LogP contribution is -2.35. The zero-order chi connectivity index (χ0) is 16.3. The molecular weight excluding hydrogens is 310 g/mol. The fourth-order valence-corrected chi connectivity index (χ4v) is 5.27. The highest BCUT2D eigenvalue weighted by atomic mass is 32.2. The fourth-order valence-electron chi connectivity index (χ4n) is 3.69. The number of amides is 1. The van der Waals surface area contributed by atoms with Crippen LogP contribution in [0.25, 0.3) is 0 Å². The van der Waals surface area contributed by atoms with Gasteiger partial charge in [0.1, 0.15) is 0 Å². The predicted octanol–water partition coefficient (Wildman–Crippen LogP) is 2.79. The average Bonchev–Trinajstić information content (AvgIpc) is 2.75. The molecule has 1 heterocycles. The largest absolute Gasteiger partial charge is 0.353 e. The van der Waals surface area contributed by atoms with Crippen LogP contribution in [0.2, 0.25) is 0 Å². The second-order valence-electron chi connectivity index (χ2n) is 6.80. The Balaban J connectivity index is 1.65. The molecule has 1 aliphatic heterocycles. The molecule has 0 atom stereocenters. The molecule has 4 nitrogen and oxygen atoms in total. The van der Waals surface area contributed by atoms with Crippen molar-refractivity contribution in [3.63, 3.8) is 0 Å². The monoisotopic (exact) mass is 335 g/mol. The molecule has 0 bridgehead atoms. The van der Waals surface area contributed by atoms with Crippen LogP contribution in [0.15, 0.2) is 23.1 Å². The first kappa shape index (κ1) is 16.5. The van der Waals surface area contributed by atoms with E-state index >= 15 is 0 Å². The third-order valence-electron chi connectivity index (χ3n) is 4.90. The second kappa shape index (κ2) is 7.04. The Morgan fingerprint density at radius 2 is 1.83 bits per heavy atom. The molecule has 0 spiro atoms. The van der Waals surface area contributed by atoms with E-state index < -0.39 is 9.84 Å². The van der Waals surface area contributed by atoms with Crippen LogP contribution >= 0.6 is 0 Å². The van der Waals surface area contributed by atoms with Gasteiger partial charge in [0.25, 0.3) is 0 Å². The molecule has 0 saturated heterocycles. The number of nitrogens with one attached hydrogen (secondary N) is 1. The summed E-state index contributed by atoms with van der Waals surface area (Å²) in [6.07, 6.45) is 8.88. The topological polar surface area (TPSA) is 63.2 Å². The van der Waals surface area contributed by atoms with E-state index in [9.17, 15) is 13.2 Å². The van der Waals surface area contributed by atoms with Crippen LogP contribution in [0, 0.1) is 0 Å². The molecule has 1 aromatic carbocycles. The lowest BCUT2D eigenvalue weighted by Gasteiger charge is -2.18. The van der Waals surface area contributed by atoms with Crippen LogP contribution in [-0.4, -0.2) is 26.1 Å². The summed E-state index contributed by atoms with van der Waals surface area (Å²) in [5.74, 6) is 0.289. The van der Waals surface area contributed by atoms with Crippen LogP contribution < -0.4 is 5.32 Å². The molecule has 0 aromatic heterocycles. The third kappa shape index (κ3) is 4.14. The number of benzene rings is 1. The quantitative estimate of drug-likeness (QED) is 0.864. The molecule has 1 fully saturated rings. The number of sulfone groups is 1. The average molecular weight is 335 g/mol. The minimum Gasteiger partial charge on any atom is -0.353 e. The first-order valence-electron chi connectivity index (χ1n) is 8.68. The van der Waals surface area contributed by atoms with Crippen LogP contribution in [0.5, 0.6) is 0 Å². The molecule has 2 aliphatic rings. The molecule has 0 unspecified atom stereocenters. The fraction of sp³-hybridized carbons (Fsp3) is 0.611. The van der Waals surface area contributed by atoms with Crippen molar-refractivity contribution in [2.75, 3.05) is 5.75 Å². The molecule has 1 aromatic rings. The second-order valence-corrected chi connectivity index (χ2v) is 8.87. The van der Waals surface area contributed by atoms with Crippen LogP contribution in [0.4, 0.5) is 0 Å². The van der Waals surface area contributed by atoms with E-state index in [1.54, 1.807) is 12.1 Å². The first-order valence-corrected chi connectivity index (χ1v) is 10.3. The maximum atomic E-state index is 12.3. The molecular formula is C18H25NO3S. The summed E-state index contributed by atoms with van der Waals surface area (Å²) in [5, 5.41) is 3.15. The molecule has 1 amide bonds. The molecule has 1 aliphatic carbocycles. The molecule has 126 valence electrons. The van der Waals surface area contributed by atoms with E-state index in [2.05, 4.69) is 5.32 Å². The van der Waals surface area contributed by atoms with Gasteiger partial charge in [0.15, 0.2) is 9.84 Å². The van der Waals surface area contributed by atoms with Crippen molar-refractivity contribution < 1.29 is 13.2 Å². The summed E-state index contributed by atoms with van der Waals surface area (Å²) < 4.78 is 24.0. The van der Waals surface area contributed by atoms with Gasteiger partial charge in [-0.2, -0.15) is 0 Å². The van der Waals surface area contributed by atoms with Gasteiger partial charge < -0.3 is 5.32 Å². The van der Waals surface area contributed by atoms with Crippen molar-refractivity contribution in [3.05, 3.63) is 29.3 Å². The van der Waals surface area contributed by atoms with Crippen LogP contribution in [0.1, 0.15) is 56.1 Å². The van der Waals surface area contributed by atoms with Gasteiger partial charge in [-0.1, -0.05) is 37.8 Å². The van der Waals surface area contributed by atoms with E-state index in [-0.39, 0.29) is 11.7 Å². The highest BCUT2D eigenvalue weighted by Crippen LogP contribution is 2.26. The molecule has 23 heavy (non-hydrogen) atoms. The summed E-state index contributed by atoms with van der Waals surface area (Å²) in [4.78, 5) is 12.7. The van der Waals surface area contributed by atoms with Gasteiger partial charge in [0.05, 0.1) is 17.1 Å². The summed E-state index contributed by atoms with van der Waals surface area (Å²) in [7, 11) is -3.11. The van der Waals surface area contributed by atoms with Crippen molar-refractivity contribution in [1.82, 2.24) is 5.32 Å². The number of carbonyl (C=O) groups excluding carboxylic acids is 1. The van der Waals surface area contributed by atoms with Crippen molar-refractivity contribution >= 4 is 15.7 Å². The Hall–Kier alpha value is -1.36. The van der Waals surface area contributed by atoms with Gasteiger partial charge in [-0.3, -0.25) is 4.79 Å². The van der Waals surface area contributed by atoms with Gasteiger partial charge in [0, 0.05) is 6.04 Å². The standard InChI is InChI=1S/C18H25NO3S/c20-18(19-16-7-3-1-2-4-8-16)13-14-9-10-17-15(12-14)6-5-11-23(17,21)22/h9-10,12,16H,1-8,11,13H2,(H,19,20). The predicted molar refractivity (Wildman–Crippen MR) is 90.2 cm³/mol. The Morgan fingerprint density at radius 3 is 2.57 bits per heavy atom. The summed E-state index contributed by atoms with van der Waals surface area (Å²) in [6, 6.07) is 5.67. The first-order chi connectivity index (χ1) is 11.0. The summed E-state index contributed by atoms with van der Waals surface area (Å²) >= 11 is 0. The van der Waals surface area contributed by atoms with Gasteiger partial charge in [0.2, 0.25) is 5.91 Å². The van der Waals surface area contributed by atoms with Crippen LogP contribution in [0.3, 0.4) is 0 Å². The van der Waals surface area contributed by atoms with Gasteiger partial charge in [-0.05, 0) is 42.9 Å². The number of rotatable bonds is 3. The number of fused-ring (bicyclic) bond motifs is 1. The van der Waals surface area contributed by atoms with Crippen molar-refractivity contribution in [2.24, 2.45) is 0 Å². The van der Waals surface area contributed by atoms with Crippen LogP contribution in [-0.2, 0) is 27.5 Å². The minimum atomic E-state index is -3.11. The Morgan fingerprint density at radius 1 is 1.09 bits per heavy atom. The van der Waals surface area contributed by atoms with E-state index in [4.69, 9.17) is 0 Å². The normalized spacial score (nSPS) is 21.2. The van der Waals surface area contributed by atoms with Gasteiger partial charge in [-0.15, -0.1) is 0 Å². The molecule has 1 N–H and O–H groups in total. The highest BCUT2D eigenvalue weighted by molar-refractivity contribution is 7.91. The lowest BCUT2D eigenvalue weighted by molar-refractivity contribution is -0.121. The van der Waals surface area contributed by atoms with E-state index in [0.717, 1.165) is 30.4 Å². The summed E-state index contributed by atoms with van der Waals surface area (Å²) in [6.45, 7) is 0. The van der Waals surface area contributed by atoms with Crippen molar-refractivity contribution in [2.45, 2.75) is 68.7 Å². The SMILES string of the molecule is O=C(Cc1ccc2c(c1)CCCS2(=O)=O)NC1CCCCCC1. The van der Waals surface area contributed by atoms with Gasteiger partial charge in [-0.25, -0.2) is 8.42 Å². The number of hydrogen-bond acceptors (Lipinski definition) is 3. The van der Waals surface area contributed by atoms with E-state index in [1.165, 1.54) is 25.7 Å². The number of hydrogen-bond donors (Lipinski definition) is 1. The van der Waals surface area contributed by atoms with E-state index in [1.807, 2.05) is 6.07 Å². The zero-order valence-corrected chi connectivity index (χ0v) is 14.3. The smallest absolute Gasteiger partial charge is 0.224 e. The number of carbonyl (C=O) groups is 1. The maximum absolute atomic E-state index is 12.3. The number of aryl methyl sites for hydroxylation is 1. The Bertz CT molecular complexity index is 674. The highest BCUT2D eigenvalue weighted by Gasteiger charge is 2.23. The lowest BCUT2D eigenvalue weighted by atomic mass is 10.0. The van der Waals surface area contributed by atoms with Gasteiger partial charge >= 0.3 is 0 Å². The van der Waals surface area contributed by atoms with E-state index in [0.29, 0.717) is 23.8 Å².